The molecule has 0 aromatic heterocycles. The molecule has 1 aromatic rings. The summed E-state index contributed by atoms with van der Waals surface area (Å²) in [6, 6.07) is 0.955. The van der Waals surface area contributed by atoms with Crippen LogP contribution in [0.1, 0.15) is 0 Å². The smallest absolute Gasteiger partial charge is 0.322 e. The van der Waals surface area contributed by atoms with E-state index in [1.165, 1.54) is 0 Å². The van der Waals surface area contributed by atoms with Crippen molar-refractivity contribution < 1.29 is 28.0 Å². The highest BCUT2D eigenvalue weighted by Crippen LogP contribution is 2.26. The maximum Gasteiger partial charge on any atom is 0.322 e. The quantitative estimate of drug-likeness (QED) is 0.355. The first-order valence-electron chi connectivity index (χ1n) is 4.85. The number of rotatable bonds is 5. The molecular formula is C10H8BrF2NO5. The molecule has 0 bridgehead atoms. The van der Waals surface area contributed by atoms with Crippen molar-refractivity contribution in [2.45, 2.75) is 4.83 Å². The SMILES string of the molecule is COC(=O)C(Br)COc1cc(F)c([N+](=O)[O-])cc1F. The van der Waals surface area contributed by atoms with Crippen LogP contribution in [0.25, 0.3) is 0 Å². The molecule has 0 heterocycles. The minimum Gasteiger partial charge on any atom is -0.489 e. The third-order valence-electron chi connectivity index (χ3n) is 2.04. The standard InChI is InChI=1S/C10H8BrF2NO5/c1-18-10(15)5(11)4-19-9-3-6(12)8(14(16)17)2-7(9)13/h2-3,5H,4H2,1H3. The Morgan fingerprint density at radius 2 is 2.11 bits per heavy atom. The molecule has 0 aliphatic carbocycles. The number of methoxy groups -OCH3 is 1. The Morgan fingerprint density at radius 3 is 2.63 bits per heavy atom. The molecule has 0 amide bonds. The van der Waals surface area contributed by atoms with Gasteiger partial charge in [-0.2, -0.15) is 4.39 Å². The number of nitrogens with zero attached hydrogens (tertiary/aromatic N) is 1. The zero-order chi connectivity index (χ0) is 14.6. The minimum absolute atomic E-state index is 0.319. The molecular weight excluding hydrogens is 332 g/mol. The number of hydrogen-bond acceptors (Lipinski definition) is 5. The molecule has 0 aliphatic rings. The molecule has 1 unspecified atom stereocenters. The molecule has 0 aliphatic heterocycles. The number of benzene rings is 1. The first-order chi connectivity index (χ1) is 8.86. The van der Waals surface area contributed by atoms with E-state index in [0.29, 0.717) is 12.1 Å². The van der Waals surface area contributed by atoms with Gasteiger partial charge in [0.05, 0.1) is 18.1 Å². The summed E-state index contributed by atoms with van der Waals surface area (Å²) >= 11 is 2.92. The molecule has 0 radical (unpaired) electrons. The Labute approximate surface area is 114 Å². The number of carbonyl (C=O) groups excluding carboxylic acids is 1. The van der Waals surface area contributed by atoms with Gasteiger partial charge in [0, 0.05) is 6.07 Å². The number of nitro groups is 1. The Bertz CT molecular complexity index is 511. The highest BCUT2D eigenvalue weighted by molar-refractivity contribution is 9.10. The molecule has 6 nitrogen and oxygen atoms in total. The molecule has 0 spiro atoms. The van der Waals surface area contributed by atoms with Crippen molar-refractivity contribution in [2.24, 2.45) is 0 Å². The maximum absolute atomic E-state index is 13.4. The molecule has 0 fully saturated rings. The van der Waals surface area contributed by atoms with E-state index in [2.05, 4.69) is 20.7 Å². The average molecular weight is 340 g/mol. The van der Waals surface area contributed by atoms with E-state index in [1.54, 1.807) is 0 Å². The van der Waals surface area contributed by atoms with Crippen LogP contribution in [0.15, 0.2) is 12.1 Å². The van der Waals surface area contributed by atoms with E-state index >= 15 is 0 Å². The lowest BCUT2D eigenvalue weighted by atomic mass is 10.3. The largest absolute Gasteiger partial charge is 0.489 e. The van der Waals surface area contributed by atoms with Crippen molar-refractivity contribution in [1.82, 2.24) is 0 Å². The lowest BCUT2D eigenvalue weighted by Crippen LogP contribution is -2.23. The van der Waals surface area contributed by atoms with E-state index in [4.69, 9.17) is 4.74 Å². The van der Waals surface area contributed by atoms with E-state index in [0.717, 1.165) is 7.11 Å². The number of nitro benzene ring substituents is 1. The number of esters is 1. The van der Waals surface area contributed by atoms with Crippen molar-refractivity contribution >= 4 is 27.6 Å². The molecule has 9 heteroatoms. The zero-order valence-electron chi connectivity index (χ0n) is 9.56. The first kappa shape index (κ1) is 15.3. The van der Waals surface area contributed by atoms with Gasteiger partial charge in [-0.15, -0.1) is 0 Å². The molecule has 0 N–H and O–H groups in total. The number of hydrogen-bond donors (Lipinski definition) is 0. The summed E-state index contributed by atoms with van der Waals surface area (Å²) in [7, 11) is 1.16. The zero-order valence-corrected chi connectivity index (χ0v) is 11.1. The number of halogens is 3. The summed E-state index contributed by atoms with van der Waals surface area (Å²) in [5.74, 6) is -3.51. The van der Waals surface area contributed by atoms with Crippen LogP contribution in [0.5, 0.6) is 5.75 Å². The van der Waals surface area contributed by atoms with Gasteiger partial charge in [0.25, 0.3) is 0 Å². The number of ether oxygens (including phenoxy) is 2. The van der Waals surface area contributed by atoms with Gasteiger partial charge in [0.15, 0.2) is 11.6 Å². The summed E-state index contributed by atoms with van der Waals surface area (Å²) in [4.78, 5) is 19.5. The van der Waals surface area contributed by atoms with Gasteiger partial charge in [-0.05, 0) is 0 Å². The predicted octanol–water partition coefficient (Wildman–Crippen LogP) is 2.19. The average Bonchev–Trinajstić information content (AvgIpc) is 2.37. The molecule has 19 heavy (non-hydrogen) atoms. The van der Waals surface area contributed by atoms with Gasteiger partial charge in [-0.25, -0.2) is 4.39 Å². The predicted molar refractivity (Wildman–Crippen MR) is 63.2 cm³/mol. The second-order valence-electron chi connectivity index (χ2n) is 3.29. The van der Waals surface area contributed by atoms with Gasteiger partial charge in [-0.1, -0.05) is 15.9 Å². The summed E-state index contributed by atoms with van der Waals surface area (Å²) in [6.45, 7) is -0.319. The van der Waals surface area contributed by atoms with E-state index in [1.807, 2.05) is 0 Å². The van der Waals surface area contributed by atoms with Crippen molar-refractivity contribution in [3.63, 3.8) is 0 Å². The number of carbonyl (C=O) groups is 1. The fourth-order valence-electron chi connectivity index (χ4n) is 1.13. The van der Waals surface area contributed by atoms with Gasteiger partial charge < -0.3 is 9.47 Å². The summed E-state index contributed by atoms with van der Waals surface area (Å²) in [5.41, 5.74) is -0.992. The monoisotopic (exact) mass is 339 g/mol. The van der Waals surface area contributed by atoms with Gasteiger partial charge in [0.1, 0.15) is 11.4 Å². The fourth-order valence-corrected chi connectivity index (χ4v) is 1.45. The fraction of sp³-hybridized carbons (Fsp3) is 0.300. The Balaban J connectivity index is 2.83. The molecule has 1 atom stereocenters. The minimum atomic E-state index is -1.23. The molecule has 1 rings (SSSR count). The third kappa shape index (κ3) is 3.85. The van der Waals surface area contributed by atoms with Crippen molar-refractivity contribution in [2.75, 3.05) is 13.7 Å². The van der Waals surface area contributed by atoms with Crippen LogP contribution in [0, 0.1) is 21.7 Å². The molecule has 0 saturated heterocycles. The van der Waals surface area contributed by atoms with Crippen molar-refractivity contribution in [3.8, 4) is 5.75 Å². The van der Waals surface area contributed by atoms with Crippen LogP contribution in [-0.2, 0) is 9.53 Å². The summed E-state index contributed by atoms with van der Waals surface area (Å²) < 4.78 is 35.9. The maximum atomic E-state index is 13.4. The topological polar surface area (TPSA) is 78.7 Å². The molecule has 1 aromatic carbocycles. The molecule has 0 saturated carbocycles. The second kappa shape index (κ2) is 6.41. The van der Waals surface area contributed by atoms with Crippen LogP contribution in [-0.4, -0.2) is 29.4 Å². The van der Waals surface area contributed by atoms with E-state index in [9.17, 15) is 23.7 Å². The van der Waals surface area contributed by atoms with E-state index < -0.39 is 38.8 Å². The van der Waals surface area contributed by atoms with Gasteiger partial charge in [0.2, 0.25) is 5.82 Å². The molecule has 104 valence electrons. The van der Waals surface area contributed by atoms with Crippen LogP contribution in [0.4, 0.5) is 14.5 Å². The third-order valence-corrected chi connectivity index (χ3v) is 2.68. The van der Waals surface area contributed by atoms with Crippen LogP contribution in [0.2, 0.25) is 0 Å². The normalized spacial score (nSPS) is 11.8. The highest BCUT2D eigenvalue weighted by atomic mass is 79.9. The van der Waals surface area contributed by atoms with Crippen molar-refractivity contribution in [1.29, 1.82) is 0 Å². The van der Waals surface area contributed by atoms with Gasteiger partial charge >= 0.3 is 11.7 Å². The first-order valence-corrected chi connectivity index (χ1v) is 5.76. The highest BCUT2D eigenvalue weighted by Gasteiger charge is 2.21. The Kier molecular flexibility index (Phi) is 5.16. The van der Waals surface area contributed by atoms with Gasteiger partial charge in [-0.3, -0.25) is 14.9 Å². The van der Waals surface area contributed by atoms with Crippen LogP contribution < -0.4 is 4.74 Å². The summed E-state index contributed by atoms with van der Waals surface area (Å²) in [6.07, 6.45) is 0. The van der Waals surface area contributed by atoms with Crippen molar-refractivity contribution in [3.05, 3.63) is 33.9 Å². The number of alkyl halides is 1. The second-order valence-corrected chi connectivity index (χ2v) is 4.40. The van der Waals surface area contributed by atoms with Crippen LogP contribution in [0.3, 0.4) is 0 Å². The van der Waals surface area contributed by atoms with E-state index in [-0.39, 0.29) is 6.61 Å². The lowest BCUT2D eigenvalue weighted by Gasteiger charge is -2.10. The summed E-state index contributed by atoms with van der Waals surface area (Å²) in [5, 5.41) is 10.4. The Morgan fingerprint density at radius 1 is 1.47 bits per heavy atom. The lowest BCUT2D eigenvalue weighted by molar-refractivity contribution is -0.387. The Hall–Kier alpha value is -1.77. The van der Waals surface area contributed by atoms with Crippen LogP contribution >= 0.6 is 15.9 Å².